The molecule has 6 nitrogen and oxygen atoms in total. The predicted octanol–water partition coefficient (Wildman–Crippen LogP) is 4.80. The number of pyridine rings is 1. The summed E-state index contributed by atoms with van der Waals surface area (Å²) in [6.07, 6.45) is 5.36. The molecule has 2 fully saturated rings. The van der Waals surface area contributed by atoms with Crippen LogP contribution in [0.4, 0.5) is 10.2 Å². The van der Waals surface area contributed by atoms with Gasteiger partial charge in [-0.2, -0.15) is 0 Å². The Morgan fingerprint density at radius 1 is 1.09 bits per heavy atom. The Kier molecular flexibility index (Phi) is 6.30. The molecule has 1 saturated heterocycles. The molecule has 0 atom stereocenters. The summed E-state index contributed by atoms with van der Waals surface area (Å²) in [5, 5.41) is 2.76. The average Bonchev–Trinajstić information content (AvgIpc) is 3.32. The molecule has 7 heteroatoms. The van der Waals surface area contributed by atoms with Gasteiger partial charge in [0.2, 0.25) is 0 Å². The summed E-state index contributed by atoms with van der Waals surface area (Å²) in [6.45, 7) is 1.65. The van der Waals surface area contributed by atoms with Gasteiger partial charge in [0.05, 0.1) is 18.8 Å². The highest BCUT2D eigenvalue weighted by atomic mass is 19.1. The molecule has 176 valence electrons. The highest BCUT2D eigenvalue weighted by Gasteiger charge is 2.40. The lowest BCUT2D eigenvalue weighted by atomic mass is 9.81. The number of carbonyl (C=O) groups is 1. The van der Waals surface area contributed by atoms with Crippen LogP contribution in [0.1, 0.15) is 53.1 Å². The normalized spacial score (nSPS) is 17.7. The third kappa shape index (κ3) is 4.67. The molecule has 1 spiro atoms. The summed E-state index contributed by atoms with van der Waals surface area (Å²) in [6, 6.07) is 16.1. The molecule has 1 saturated carbocycles. The maximum Gasteiger partial charge on any atom is 0.254 e. The van der Waals surface area contributed by atoms with Crippen LogP contribution < -0.4 is 11.1 Å². The van der Waals surface area contributed by atoms with Gasteiger partial charge in [-0.25, -0.2) is 9.37 Å². The number of nitrogens with zero attached hydrogens (tertiary/aromatic N) is 1. The number of ether oxygens (including phenoxy) is 2. The van der Waals surface area contributed by atoms with Crippen molar-refractivity contribution in [2.75, 3.05) is 18.9 Å². The van der Waals surface area contributed by atoms with Crippen LogP contribution in [0.3, 0.4) is 0 Å². The number of nitrogens with one attached hydrogen (secondary N) is 1. The minimum atomic E-state index is -0.594. The number of hydrogen-bond donors (Lipinski definition) is 2. The van der Waals surface area contributed by atoms with E-state index in [0.29, 0.717) is 42.6 Å². The zero-order valence-corrected chi connectivity index (χ0v) is 18.9. The third-order valence-electron chi connectivity index (χ3n) is 6.79. The van der Waals surface area contributed by atoms with Crippen molar-refractivity contribution >= 4 is 11.7 Å². The molecule has 2 aromatic carbocycles. The van der Waals surface area contributed by atoms with Crippen LogP contribution in [0.15, 0.2) is 60.8 Å². The van der Waals surface area contributed by atoms with Gasteiger partial charge < -0.3 is 20.5 Å². The Labute approximate surface area is 198 Å². The first kappa shape index (κ1) is 22.5. The molecule has 2 heterocycles. The van der Waals surface area contributed by atoms with Crippen molar-refractivity contribution in [2.24, 2.45) is 0 Å². The SMILES string of the molecule is Nc1ncc(C2CCC3(CC2)OCCO3)cc1-c1ccc(C(=O)NCc2ccccc2)c(F)c1. The van der Waals surface area contributed by atoms with E-state index < -0.39 is 17.5 Å². The number of hydrogen-bond acceptors (Lipinski definition) is 5. The van der Waals surface area contributed by atoms with E-state index in [1.54, 1.807) is 12.3 Å². The van der Waals surface area contributed by atoms with E-state index in [4.69, 9.17) is 15.2 Å². The first-order chi connectivity index (χ1) is 16.5. The molecule has 5 rings (SSSR count). The highest BCUT2D eigenvalue weighted by molar-refractivity contribution is 5.95. The van der Waals surface area contributed by atoms with Crippen LogP contribution in [0.5, 0.6) is 0 Å². The summed E-state index contributed by atoms with van der Waals surface area (Å²) in [4.78, 5) is 16.9. The second-order valence-corrected chi connectivity index (χ2v) is 8.95. The van der Waals surface area contributed by atoms with E-state index in [0.717, 1.165) is 36.8 Å². The predicted molar refractivity (Wildman–Crippen MR) is 127 cm³/mol. The first-order valence-electron chi connectivity index (χ1n) is 11.7. The fraction of sp³-hybridized carbons (Fsp3) is 0.333. The molecule has 1 aromatic heterocycles. The van der Waals surface area contributed by atoms with Gasteiger partial charge in [-0.05, 0) is 53.6 Å². The van der Waals surface area contributed by atoms with Crippen molar-refractivity contribution in [1.29, 1.82) is 0 Å². The molecule has 2 aliphatic rings. The van der Waals surface area contributed by atoms with Crippen molar-refractivity contribution < 1.29 is 18.7 Å². The van der Waals surface area contributed by atoms with E-state index in [2.05, 4.69) is 10.3 Å². The number of anilines is 1. The second-order valence-electron chi connectivity index (χ2n) is 8.95. The molecule has 0 bridgehead atoms. The summed E-state index contributed by atoms with van der Waals surface area (Å²) in [5.74, 6) is -0.818. The van der Waals surface area contributed by atoms with Gasteiger partial charge in [-0.15, -0.1) is 0 Å². The number of rotatable bonds is 5. The summed E-state index contributed by atoms with van der Waals surface area (Å²) >= 11 is 0. The van der Waals surface area contributed by atoms with Gasteiger partial charge in [0.15, 0.2) is 5.79 Å². The molecular weight excluding hydrogens is 433 g/mol. The zero-order valence-electron chi connectivity index (χ0n) is 18.9. The smallest absolute Gasteiger partial charge is 0.254 e. The van der Waals surface area contributed by atoms with Crippen molar-refractivity contribution in [3.63, 3.8) is 0 Å². The van der Waals surface area contributed by atoms with Crippen LogP contribution in [0.2, 0.25) is 0 Å². The quantitative estimate of drug-likeness (QED) is 0.570. The van der Waals surface area contributed by atoms with Gasteiger partial charge in [-0.3, -0.25) is 4.79 Å². The number of carbonyl (C=O) groups excluding carboxylic acids is 1. The standard InChI is InChI=1S/C27H28FN3O3/c28-24-15-20(6-7-22(24)26(32)31-16-18-4-2-1-3-5-18)23-14-21(17-30-25(23)29)19-8-10-27(11-9-19)33-12-13-34-27/h1-7,14-15,17,19H,8-13,16H2,(H2,29,30)(H,31,32). The van der Waals surface area contributed by atoms with Crippen LogP contribution in [-0.2, 0) is 16.0 Å². The van der Waals surface area contributed by atoms with Crippen LogP contribution in [0, 0.1) is 5.82 Å². The molecule has 1 aliphatic carbocycles. The van der Waals surface area contributed by atoms with Gasteiger partial charge in [-0.1, -0.05) is 36.4 Å². The van der Waals surface area contributed by atoms with E-state index in [-0.39, 0.29) is 5.56 Å². The number of aromatic nitrogens is 1. The molecular formula is C27H28FN3O3. The van der Waals surface area contributed by atoms with Crippen LogP contribution in [-0.4, -0.2) is 29.9 Å². The average molecular weight is 462 g/mol. The lowest BCUT2D eigenvalue weighted by molar-refractivity contribution is -0.178. The second kappa shape index (κ2) is 9.52. The fourth-order valence-corrected chi connectivity index (χ4v) is 4.86. The molecule has 1 aliphatic heterocycles. The first-order valence-corrected chi connectivity index (χ1v) is 11.7. The Hall–Kier alpha value is -3.29. The minimum Gasteiger partial charge on any atom is -0.383 e. The zero-order chi connectivity index (χ0) is 23.5. The van der Waals surface area contributed by atoms with E-state index in [9.17, 15) is 9.18 Å². The molecule has 3 N–H and O–H groups in total. The fourth-order valence-electron chi connectivity index (χ4n) is 4.86. The Balaban J connectivity index is 1.30. The Morgan fingerprint density at radius 3 is 2.53 bits per heavy atom. The van der Waals surface area contributed by atoms with Crippen molar-refractivity contribution in [1.82, 2.24) is 10.3 Å². The molecule has 0 radical (unpaired) electrons. The van der Waals surface area contributed by atoms with Gasteiger partial charge >= 0.3 is 0 Å². The van der Waals surface area contributed by atoms with Crippen molar-refractivity contribution in [2.45, 2.75) is 43.9 Å². The number of benzene rings is 2. The molecule has 34 heavy (non-hydrogen) atoms. The lowest BCUT2D eigenvalue weighted by Gasteiger charge is -2.35. The van der Waals surface area contributed by atoms with E-state index in [1.165, 1.54) is 12.1 Å². The van der Waals surface area contributed by atoms with Gasteiger partial charge in [0.1, 0.15) is 11.6 Å². The van der Waals surface area contributed by atoms with Gasteiger partial charge in [0, 0.05) is 31.1 Å². The van der Waals surface area contributed by atoms with E-state index in [1.807, 2.05) is 36.4 Å². The van der Waals surface area contributed by atoms with Crippen LogP contribution in [0.25, 0.3) is 11.1 Å². The largest absolute Gasteiger partial charge is 0.383 e. The number of nitrogen functional groups attached to an aromatic ring is 1. The summed E-state index contributed by atoms with van der Waals surface area (Å²) in [5.41, 5.74) is 9.43. The maximum atomic E-state index is 14.9. The number of amides is 1. The van der Waals surface area contributed by atoms with Crippen molar-refractivity contribution in [3.8, 4) is 11.1 Å². The Morgan fingerprint density at radius 2 is 1.82 bits per heavy atom. The highest BCUT2D eigenvalue weighted by Crippen LogP contribution is 2.43. The maximum absolute atomic E-state index is 14.9. The monoisotopic (exact) mass is 461 g/mol. The third-order valence-corrected chi connectivity index (χ3v) is 6.79. The molecule has 1 amide bonds. The van der Waals surface area contributed by atoms with Crippen LogP contribution >= 0.6 is 0 Å². The lowest BCUT2D eigenvalue weighted by Crippen LogP contribution is -2.34. The topological polar surface area (TPSA) is 86.5 Å². The van der Waals surface area contributed by atoms with Crippen molar-refractivity contribution in [3.05, 3.63) is 83.3 Å². The molecule has 3 aromatic rings. The number of nitrogens with two attached hydrogens (primary N) is 1. The van der Waals surface area contributed by atoms with Gasteiger partial charge in [0.25, 0.3) is 5.91 Å². The summed E-state index contributed by atoms with van der Waals surface area (Å²) < 4.78 is 26.6. The molecule has 0 unspecified atom stereocenters. The van der Waals surface area contributed by atoms with E-state index >= 15 is 0 Å². The summed E-state index contributed by atoms with van der Waals surface area (Å²) in [7, 11) is 0. The minimum absolute atomic E-state index is 0.00323. The Bertz CT molecular complexity index is 1170. The number of halogens is 1.